The summed E-state index contributed by atoms with van der Waals surface area (Å²) in [7, 11) is 1.70. The van der Waals surface area contributed by atoms with Crippen LogP contribution < -0.4 is 21.3 Å². The number of hydrogen-bond donors (Lipinski definition) is 2. The van der Waals surface area contributed by atoms with Gasteiger partial charge in [-0.05, 0) is 48.9 Å². The molecule has 0 saturated carbocycles. The summed E-state index contributed by atoms with van der Waals surface area (Å²) in [4.78, 5) is 8.60. The van der Waals surface area contributed by atoms with Crippen molar-refractivity contribution in [1.29, 1.82) is 0 Å². The maximum Gasteiger partial charge on any atom is 0.573 e. The second-order valence-electron chi connectivity index (χ2n) is 7.14. The first-order chi connectivity index (χ1) is 15.6. The van der Waals surface area contributed by atoms with E-state index in [1.54, 1.807) is 24.7 Å². The molecule has 0 aliphatic rings. The Labute approximate surface area is 185 Å². The van der Waals surface area contributed by atoms with Gasteiger partial charge in [0.1, 0.15) is 11.6 Å². The van der Waals surface area contributed by atoms with Gasteiger partial charge >= 0.3 is 6.36 Å². The van der Waals surface area contributed by atoms with Gasteiger partial charge in [-0.1, -0.05) is 11.2 Å². The van der Waals surface area contributed by atoms with E-state index in [-0.39, 0.29) is 23.3 Å². The summed E-state index contributed by atoms with van der Waals surface area (Å²) in [6, 6.07) is 10.6. The van der Waals surface area contributed by atoms with Crippen molar-refractivity contribution in [3.63, 3.8) is 0 Å². The van der Waals surface area contributed by atoms with Crippen LogP contribution in [0.15, 0.2) is 47.0 Å². The van der Waals surface area contributed by atoms with Gasteiger partial charge in [0.25, 0.3) is 5.89 Å². The lowest BCUT2D eigenvalue weighted by atomic mass is 10.1. The van der Waals surface area contributed by atoms with E-state index in [0.717, 1.165) is 17.7 Å². The molecule has 2 heterocycles. The third kappa shape index (κ3) is 5.03. The summed E-state index contributed by atoms with van der Waals surface area (Å²) in [6.07, 6.45) is -4.77. The number of nitrogen functional groups attached to an aromatic ring is 1. The average Bonchev–Trinajstić information content (AvgIpc) is 3.35. The molecule has 0 bridgehead atoms. The summed E-state index contributed by atoms with van der Waals surface area (Å²) in [5, 5.41) is 9.70. The molecule has 0 unspecified atom stereocenters. The number of aryl methyl sites for hydroxylation is 1. The van der Waals surface area contributed by atoms with E-state index in [9.17, 15) is 13.2 Å². The van der Waals surface area contributed by atoms with Crippen LogP contribution in [0.3, 0.4) is 0 Å². The number of anilines is 2. The zero-order chi connectivity index (χ0) is 23.8. The molecule has 2 aromatic carbocycles. The van der Waals surface area contributed by atoms with Gasteiger partial charge in [0.2, 0.25) is 11.6 Å². The van der Waals surface area contributed by atoms with Gasteiger partial charge in [0.15, 0.2) is 0 Å². The maximum absolute atomic E-state index is 12.3. The van der Waals surface area contributed by atoms with Crippen LogP contribution in [-0.2, 0) is 6.54 Å². The van der Waals surface area contributed by atoms with Crippen LogP contribution in [0, 0.1) is 6.92 Å². The highest BCUT2D eigenvalue weighted by molar-refractivity contribution is 5.67. The van der Waals surface area contributed by atoms with E-state index in [1.807, 2.05) is 12.1 Å². The molecule has 0 saturated heterocycles. The zero-order valence-electron chi connectivity index (χ0n) is 17.5. The predicted octanol–water partition coefficient (Wildman–Crippen LogP) is 3.14. The Morgan fingerprint density at radius 1 is 1.09 bits per heavy atom. The molecule has 10 nitrogen and oxygen atoms in total. The van der Waals surface area contributed by atoms with Gasteiger partial charge in [-0.3, -0.25) is 0 Å². The van der Waals surface area contributed by atoms with Gasteiger partial charge in [0, 0.05) is 12.6 Å². The number of alkyl halides is 3. The molecule has 172 valence electrons. The summed E-state index contributed by atoms with van der Waals surface area (Å²) in [5.74, 6) is 6.46. The fourth-order valence-corrected chi connectivity index (χ4v) is 3.09. The molecule has 4 rings (SSSR count). The zero-order valence-corrected chi connectivity index (χ0v) is 17.5. The van der Waals surface area contributed by atoms with Crippen molar-refractivity contribution in [3.8, 4) is 28.9 Å². The molecule has 4 aromatic rings. The first-order valence-corrected chi connectivity index (χ1v) is 9.57. The molecule has 0 radical (unpaired) electrons. The monoisotopic (exact) mass is 460 g/mol. The van der Waals surface area contributed by atoms with Gasteiger partial charge in [-0.15, -0.1) is 18.3 Å². The number of hydrogen-bond acceptors (Lipinski definition) is 9. The Morgan fingerprint density at radius 3 is 2.45 bits per heavy atom. The van der Waals surface area contributed by atoms with Crippen LogP contribution in [0.1, 0.15) is 11.4 Å². The molecule has 4 N–H and O–H groups in total. The van der Waals surface area contributed by atoms with Gasteiger partial charge in [-0.2, -0.15) is 4.98 Å². The first kappa shape index (κ1) is 22.1. The summed E-state index contributed by atoms with van der Waals surface area (Å²) < 4.78 is 47.7. The van der Waals surface area contributed by atoms with E-state index >= 15 is 0 Å². The van der Waals surface area contributed by atoms with Crippen LogP contribution in [0.25, 0.3) is 23.1 Å². The normalized spacial score (nSPS) is 11.6. The lowest BCUT2D eigenvalue weighted by Gasteiger charge is -2.15. The van der Waals surface area contributed by atoms with E-state index in [2.05, 4.69) is 25.0 Å². The average molecular weight is 460 g/mol. The number of nitrogens with two attached hydrogens (primary N) is 2. The van der Waals surface area contributed by atoms with Crippen molar-refractivity contribution in [2.24, 2.45) is 5.84 Å². The molecule has 0 fully saturated rings. The number of ether oxygens (including phenoxy) is 1. The minimum absolute atomic E-state index is 0.0714. The number of halogens is 3. The van der Waals surface area contributed by atoms with E-state index < -0.39 is 6.36 Å². The van der Waals surface area contributed by atoms with Gasteiger partial charge < -0.3 is 20.0 Å². The molecule has 0 aliphatic heterocycles. The Morgan fingerprint density at radius 2 is 1.82 bits per heavy atom. The highest BCUT2D eigenvalue weighted by Gasteiger charge is 2.31. The van der Waals surface area contributed by atoms with Crippen LogP contribution in [0.2, 0.25) is 0 Å². The smallest absolute Gasteiger partial charge is 0.406 e. The SMILES string of the molecule is Cc1nc(-c2nc(-c3ccc(OC(F)(F)F)cc3)no2)nn1Cc1ccc(N(C)N)c(N)c1. The first-order valence-electron chi connectivity index (χ1n) is 9.57. The second-order valence-corrected chi connectivity index (χ2v) is 7.14. The van der Waals surface area contributed by atoms with E-state index in [0.29, 0.717) is 29.3 Å². The quantitative estimate of drug-likeness (QED) is 0.253. The van der Waals surface area contributed by atoms with Crippen molar-refractivity contribution >= 4 is 11.4 Å². The lowest BCUT2D eigenvalue weighted by Crippen LogP contribution is -2.26. The number of benzene rings is 2. The molecule has 0 atom stereocenters. The van der Waals surface area contributed by atoms with Crippen molar-refractivity contribution in [1.82, 2.24) is 24.9 Å². The molecule has 0 spiro atoms. The number of aromatic nitrogens is 5. The van der Waals surface area contributed by atoms with Gasteiger partial charge in [0.05, 0.1) is 17.9 Å². The maximum atomic E-state index is 12.3. The fourth-order valence-electron chi connectivity index (χ4n) is 3.09. The number of hydrazine groups is 1. The van der Waals surface area contributed by atoms with Crippen LogP contribution in [0.4, 0.5) is 24.5 Å². The van der Waals surface area contributed by atoms with Gasteiger partial charge in [-0.25, -0.2) is 15.5 Å². The molecule has 13 heteroatoms. The largest absolute Gasteiger partial charge is 0.573 e. The van der Waals surface area contributed by atoms with Crippen LogP contribution in [0.5, 0.6) is 5.75 Å². The molecule has 2 aromatic heterocycles. The fraction of sp³-hybridized carbons (Fsp3) is 0.200. The molecule has 0 amide bonds. The standard InChI is InChI=1S/C20H19F3N8O2/c1-11-26-18(28-31(11)10-12-3-8-16(30(2)25)15(24)9-12)19-27-17(29-33-19)13-4-6-14(7-5-13)32-20(21,22)23/h3-9H,10,24-25H2,1-2H3. The molecule has 0 aliphatic carbocycles. The Kier molecular flexibility index (Phi) is 5.64. The minimum atomic E-state index is -4.77. The van der Waals surface area contributed by atoms with Crippen molar-refractivity contribution in [2.75, 3.05) is 17.8 Å². The molecule has 33 heavy (non-hydrogen) atoms. The van der Waals surface area contributed by atoms with Crippen LogP contribution in [-0.4, -0.2) is 38.3 Å². The van der Waals surface area contributed by atoms with Crippen LogP contribution >= 0.6 is 0 Å². The summed E-state index contributed by atoms with van der Waals surface area (Å²) in [5.41, 5.74) is 8.61. The summed E-state index contributed by atoms with van der Waals surface area (Å²) >= 11 is 0. The number of nitrogens with zero attached hydrogens (tertiary/aromatic N) is 6. The highest BCUT2D eigenvalue weighted by atomic mass is 19.4. The van der Waals surface area contributed by atoms with E-state index in [1.165, 1.54) is 17.1 Å². The minimum Gasteiger partial charge on any atom is -0.406 e. The molecular weight excluding hydrogens is 441 g/mol. The number of rotatable bonds is 6. The summed E-state index contributed by atoms with van der Waals surface area (Å²) in [6.45, 7) is 2.18. The third-order valence-corrected chi connectivity index (χ3v) is 4.62. The second kappa shape index (κ2) is 8.43. The molecular formula is C20H19F3N8O2. The Bertz CT molecular complexity index is 1270. The predicted molar refractivity (Wildman–Crippen MR) is 113 cm³/mol. The Balaban J connectivity index is 1.51. The van der Waals surface area contributed by atoms with Crippen molar-refractivity contribution in [3.05, 3.63) is 53.9 Å². The van der Waals surface area contributed by atoms with Crippen molar-refractivity contribution < 1.29 is 22.4 Å². The highest BCUT2D eigenvalue weighted by Crippen LogP contribution is 2.27. The lowest BCUT2D eigenvalue weighted by molar-refractivity contribution is -0.274. The van der Waals surface area contributed by atoms with Crippen molar-refractivity contribution in [2.45, 2.75) is 19.8 Å². The Hall–Kier alpha value is -4.13. The van der Waals surface area contributed by atoms with E-state index in [4.69, 9.17) is 16.1 Å². The third-order valence-electron chi connectivity index (χ3n) is 4.62. The topological polar surface area (TPSA) is 134 Å².